The second-order valence-corrected chi connectivity index (χ2v) is 5.19. The van der Waals surface area contributed by atoms with Crippen molar-refractivity contribution in [2.24, 2.45) is 5.92 Å². The molecule has 1 fully saturated rings. The Hall–Kier alpha value is -1.16. The zero-order chi connectivity index (χ0) is 13.0. The van der Waals surface area contributed by atoms with Gasteiger partial charge in [-0.1, -0.05) is 6.92 Å². The van der Waals surface area contributed by atoms with E-state index in [1.807, 2.05) is 19.2 Å². The van der Waals surface area contributed by atoms with Crippen LogP contribution in [0.4, 0.5) is 5.95 Å². The van der Waals surface area contributed by atoms with Crippen molar-refractivity contribution in [3.8, 4) is 0 Å². The van der Waals surface area contributed by atoms with Crippen molar-refractivity contribution in [1.82, 2.24) is 15.3 Å². The molecule has 4 nitrogen and oxygen atoms in total. The molecule has 0 aromatic carbocycles. The lowest BCUT2D eigenvalue weighted by molar-refractivity contribution is 0.322. The molecule has 1 aromatic heterocycles. The summed E-state index contributed by atoms with van der Waals surface area (Å²) in [5.74, 6) is 1.59. The summed E-state index contributed by atoms with van der Waals surface area (Å²) < 4.78 is 0. The second kappa shape index (κ2) is 6.14. The second-order valence-electron chi connectivity index (χ2n) is 5.19. The summed E-state index contributed by atoms with van der Waals surface area (Å²) >= 11 is 0. The summed E-state index contributed by atoms with van der Waals surface area (Å²) in [4.78, 5) is 11.3. The Kier molecular flexibility index (Phi) is 4.53. The first-order valence-electron chi connectivity index (χ1n) is 6.98. The van der Waals surface area contributed by atoms with Crippen LogP contribution < -0.4 is 10.2 Å². The van der Waals surface area contributed by atoms with Crippen molar-refractivity contribution < 1.29 is 0 Å². The molecular weight excluding hydrogens is 224 g/mol. The number of piperidine rings is 1. The molecule has 2 unspecified atom stereocenters. The molecule has 2 heterocycles. The van der Waals surface area contributed by atoms with Gasteiger partial charge in [-0.3, -0.25) is 0 Å². The van der Waals surface area contributed by atoms with Gasteiger partial charge in [0.2, 0.25) is 5.95 Å². The van der Waals surface area contributed by atoms with Crippen molar-refractivity contribution in [3.63, 3.8) is 0 Å². The molecular formula is C14H24N4. The molecule has 0 bridgehead atoms. The van der Waals surface area contributed by atoms with Gasteiger partial charge in [0, 0.05) is 31.0 Å². The maximum absolute atomic E-state index is 4.53. The summed E-state index contributed by atoms with van der Waals surface area (Å²) in [6, 6.07) is 2.52. The first-order chi connectivity index (χ1) is 8.70. The van der Waals surface area contributed by atoms with E-state index in [-0.39, 0.29) is 0 Å². The molecule has 1 N–H and O–H groups in total. The van der Waals surface area contributed by atoms with E-state index in [1.54, 1.807) is 0 Å². The highest BCUT2D eigenvalue weighted by molar-refractivity contribution is 5.31. The van der Waals surface area contributed by atoms with Gasteiger partial charge in [-0.15, -0.1) is 0 Å². The molecule has 2 rings (SSSR count). The molecule has 4 heteroatoms. The normalized spacial score (nSPS) is 21.9. The van der Waals surface area contributed by atoms with Gasteiger partial charge >= 0.3 is 0 Å². The smallest absolute Gasteiger partial charge is 0.225 e. The largest absolute Gasteiger partial charge is 0.340 e. The summed E-state index contributed by atoms with van der Waals surface area (Å²) in [7, 11) is 0. The maximum Gasteiger partial charge on any atom is 0.225 e. The highest BCUT2D eigenvalue weighted by Gasteiger charge is 2.25. The SMILES string of the molecule is CCNC(C)C1CCCN(c2nccc(C)n2)C1. The number of rotatable bonds is 4. The molecule has 0 radical (unpaired) electrons. The Labute approximate surface area is 110 Å². The molecule has 1 saturated heterocycles. The van der Waals surface area contributed by atoms with E-state index in [0.717, 1.165) is 31.3 Å². The van der Waals surface area contributed by atoms with Crippen LogP contribution in [0.1, 0.15) is 32.4 Å². The van der Waals surface area contributed by atoms with Gasteiger partial charge in [-0.25, -0.2) is 9.97 Å². The molecule has 1 aliphatic rings. The number of aromatic nitrogens is 2. The molecule has 18 heavy (non-hydrogen) atoms. The molecule has 1 aliphatic heterocycles. The molecule has 0 saturated carbocycles. The van der Waals surface area contributed by atoms with Crippen LogP contribution in [0.5, 0.6) is 0 Å². The van der Waals surface area contributed by atoms with Crippen LogP contribution in [0.15, 0.2) is 12.3 Å². The van der Waals surface area contributed by atoms with Crippen molar-refractivity contribution in [2.75, 3.05) is 24.5 Å². The molecule has 0 spiro atoms. The van der Waals surface area contributed by atoms with Crippen LogP contribution >= 0.6 is 0 Å². The van der Waals surface area contributed by atoms with Crippen molar-refractivity contribution in [1.29, 1.82) is 0 Å². The van der Waals surface area contributed by atoms with Gasteiger partial charge in [-0.05, 0) is 45.2 Å². The van der Waals surface area contributed by atoms with Gasteiger partial charge in [0.25, 0.3) is 0 Å². The zero-order valence-electron chi connectivity index (χ0n) is 11.7. The highest BCUT2D eigenvalue weighted by atomic mass is 15.3. The summed E-state index contributed by atoms with van der Waals surface area (Å²) in [5, 5.41) is 3.53. The van der Waals surface area contributed by atoms with Gasteiger partial charge in [0.05, 0.1) is 0 Å². The van der Waals surface area contributed by atoms with E-state index in [2.05, 4.69) is 34.0 Å². The van der Waals surface area contributed by atoms with Crippen molar-refractivity contribution in [3.05, 3.63) is 18.0 Å². The van der Waals surface area contributed by atoms with Crippen LogP contribution in [0.2, 0.25) is 0 Å². The first-order valence-corrected chi connectivity index (χ1v) is 6.98. The Morgan fingerprint density at radius 2 is 2.39 bits per heavy atom. The first kappa shape index (κ1) is 13.3. The number of nitrogens with zero attached hydrogens (tertiary/aromatic N) is 3. The topological polar surface area (TPSA) is 41.0 Å². The third kappa shape index (κ3) is 3.19. The molecule has 1 aromatic rings. The van der Waals surface area contributed by atoms with E-state index >= 15 is 0 Å². The van der Waals surface area contributed by atoms with Gasteiger partial charge < -0.3 is 10.2 Å². The number of nitrogens with one attached hydrogen (secondary N) is 1. The van der Waals surface area contributed by atoms with Crippen molar-refractivity contribution >= 4 is 5.95 Å². The van der Waals surface area contributed by atoms with Crippen LogP contribution in [-0.4, -0.2) is 35.6 Å². The lowest BCUT2D eigenvalue weighted by atomic mass is 9.92. The number of aryl methyl sites for hydroxylation is 1. The Morgan fingerprint density at radius 3 is 3.11 bits per heavy atom. The minimum Gasteiger partial charge on any atom is -0.340 e. The maximum atomic E-state index is 4.53. The summed E-state index contributed by atoms with van der Waals surface area (Å²) in [6.45, 7) is 9.67. The lowest BCUT2D eigenvalue weighted by Gasteiger charge is -2.36. The van der Waals surface area contributed by atoms with Crippen LogP contribution in [0.3, 0.4) is 0 Å². The van der Waals surface area contributed by atoms with Crippen LogP contribution in [-0.2, 0) is 0 Å². The fraction of sp³-hybridized carbons (Fsp3) is 0.714. The number of hydrogen-bond acceptors (Lipinski definition) is 4. The molecule has 0 aliphatic carbocycles. The third-order valence-electron chi connectivity index (χ3n) is 3.76. The van der Waals surface area contributed by atoms with Crippen LogP contribution in [0.25, 0.3) is 0 Å². The van der Waals surface area contributed by atoms with Gasteiger partial charge in [-0.2, -0.15) is 0 Å². The molecule has 2 atom stereocenters. The van der Waals surface area contributed by atoms with E-state index in [0.29, 0.717) is 12.0 Å². The average Bonchev–Trinajstić information content (AvgIpc) is 2.39. The van der Waals surface area contributed by atoms with E-state index < -0.39 is 0 Å². The predicted octanol–water partition coefficient (Wildman–Crippen LogP) is 2.00. The summed E-state index contributed by atoms with van der Waals surface area (Å²) in [6.07, 6.45) is 4.39. The summed E-state index contributed by atoms with van der Waals surface area (Å²) in [5.41, 5.74) is 1.04. The Bertz CT molecular complexity index is 380. The minimum atomic E-state index is 0.572. The average molecular weight is 248 g/mol. The quantitative estimate of drug-likeness (QED) is 0.885. The standard InChI is InChI=1S/C14H24N4/c1-4-15-12(3)13-6-5-9-18(10-13)14-16-8-7-11(2)17-14/h7-8,12-13,15H,4-6,9-10H2,1-3H3. The molecule has 100 valence electrons. The molecule has 0 amide bonds. The Balaban J connectivity index is 2.02. The zero-order valence-corrected chi connectivity index (χ0v) is 11.7. The van der Waals surface area contributed by atoms with Crippen molar-refractivity contribution in [2.45, 2.75) is 39.7 Å². The fourth-order valence-electron chi connectivity index (χ4n) is 2.68. The highest BCUT2D eigenvalue weighted by Crippen LogP contribution is 2.22. The monoisotopic (exact) mass is 248 g/mol. The predicted molar refractivity (Wildman–Crippen MR) is 74.8 cm³/mol. The number of anilines is 1. The fourth-order valence-corrected chi connectivity index (χ4v) is 2.68. The van der Waals surface area contributed by atoms with E-state index in [9.17, 15) is 0 Å². The third-order valence-corrected chi connectivity index (χ3v) is 3.76. The Morgan fingerprint density at radius 1 is 1.56 bits per heavy atom. The van der Waals surface area contributed by atoms with Crippen LogP contribution in [0, 0.1) is 12.8 Å². The number of hydrogen-bond donors (Lipinski definition) is 1. The minimum absolute atomic E-state index is 0.572. The van der Waals surface area contributed by atoms with Gasteiger partial charge in [0.1, 0.15) is 0 Å². The van der Waals surface area contributed by atoms with E-state index in [4.69, 9.17) is 0 Å². The van der Waals surface area contributed by atoms with E-state index in [1.165, 1.54) is 12.8 Å². The lowest BCUT2D eigenvalue weighted by Crippen LogP contribution is -2.45. The van der Waals surface area contributed by atoms with Gasteiger partial charge in [0.15, 0.2) is 0 Å².